The van der Waals surface area contributed by atoms with E-state index in [0.29, 0.717) is 25.9 Å². The lowest BCUT2D eigenvalue weighted by Gasteiger charge is -2.22. The lowest BCUT2D eigenvalue weighted by Crippen LogP contribution is -2.45. The zero-order valence-electron chi connectivity index (χ0n) is 40.5. The molecule has 0 saturated heterocycles. The summed E-state index contributed by atoms with van der Waals surface area (Å²) in [5.41, 5.74) is 0. The van der Waals surface area contributed by atoms with Gasteiger partial charge >= 0.3 is 5.97 Å². The van der Waals surface area contributed by atoms with Gasteiger partial charge in [-0.1, -0.05) is 244 Å². The monoisotopic (exact) mass is 848 g/mol. The van der Waals surface area contributed by atoms with E-state index in [4.69, 9.17) is 4.74 Å². The molecule has 0 aromatic carbocycles. The van der Waals surface area contributed by atoms with Crippen LogP contribution in [-0.4, -0.2) is 47.4 Å². The Morgan fingerprint density at radius 3 is 1.18 bits per heavy atom. The highest BCUT2D eigenvalue weighted by Crippen LogP contribution is 2.17. The number of nitrogens with one attached hydrogen (secondary N) is 1. The average Bonchev–Trinajstić information content (AvgIpc) is 3.25. The summed E-state index contributed by atoms with van der Waals surface area (Å²) in [6.07, 6.45) is 57.6. The number of amides is 1. The molecule has 0 saturated carbocycles. The largest absolute Gasteiger partial charge is 0.466 e. The molecule has 6 heteroatoms. The van der Waals surface area contributed by atoms with E-state index in [1.165, 1.54) is 218 Å². The zero-order chi connectivity index (χ0) is 43.7. The Labute approximate surface area is 374 Å². The van der Waals surface area contributed by atoms with Gasteiger partial charge in [-0.15, -0.1) is 0 Å². The highest BCUT2D eigenvalue weighted by molar-refractivity contribution is 5.76. The molecule has 0 aliphatic carbocycles. The Morgan fingerprint density at radius 1 is 0.450 bits per heavy atom. The zero-order valence-corrected chi connectivity index (χ0v) is 40.5. The van der Waals surface area contributed by atoms with Crippen LogP contribution in [0.4, 0.5) is 0 Å². The van der Waals surface area contributed by atoms with Crippen molar-refractivity contribution in [3.05, 3.63) is 12.2 Å². The molecule has 0 aliphatic rings. The second kappa shape index (κ2) is 50.2. The number of hydrogen-bond donors (Lipinski definition) is 3. The van der Waals surface area contributed by atoms with Crippen LogP contribution in [0.1, 0.15) is 296 Å². The number of ether oxygens (including phenoxy) is 1. The second-order valence-corrected chi connectivity index (χ2v) is 18.6. The first-order chi connectivity index (χ1) is 29.5. The highest BCUT2D eigenvalue weighted by Gasteiger charge is 2.20. The number of esters is 1. The minimum absolute atomic E-state index is 0.00192. The summed E-state index contributed by atoms with van der Waals surface area (Å²) in [5, 5.41) is 23.1. The molecule has 1 amide bonds. The molecule has 0 bridgehead atoms. The fraction of sp³-hybridized carbons (Fsp3) is 0.926. The first-order valence-electron chi connectivity index (χ1n) is 26.9. The van der Waals surface area contributed by atoms with Crippen molar-refractivity contribution in [2.24, 2.45) is 0 Å². The van der Waals surface area contributed by atoms with Crippen molar-refractivity contribution >= 4 is 11.9 Å². The third-order valence-electron chi connectivity index (χ3n) is 12.6. The summed E-state index contributed by atoms with van der Waals surface area (Å²) < 4.78 is 5.47. The Bertz CT molecular complexity index is 893. The maximum atomic E-state index is 12.4. The predicted molar refractivity (Wildman–Crippen MR) is 260 cm³/mol. The van der Waals surface area contributed by atoms with E-state index in [-0.39, 0.29) is 18.5 Å². The van der Waals surface area contributed by atoms with Crippen LogP contribution in [0.15, 0.2) is 12.2 Å². The molecular weight excluding hydrogens is 743 g/mol. The Balaban J connectivity index is 3.38. The summed E-state index contributed by atoms with van der Waals surface area (Å²) in [6.45, 7) is 4.93. The van der Waals surface area contributed by atoms with Gasteiger partial charge in [0.1, 0.15) is 0 Å². The standard InChI is InChI=1S/C54H105NO5/c1-3-5-7-9-11-13-15-16-17-22-25-28-32-36-40-44-48-54(59)60-49-45-41-37-33-29-26-23-20-18-19-21-24-27-31-35-39-43-47-53(58)55-51(50-56)52(57)46-42-38-34-30-14-12-10-8-6-4-2/h17,22,51-52,56-57H,3-16,18-21,23-50H2,1-2H3,(H,55,58)/b22-17-. The van der Waals surface area contributed by atoms with Gasteiger partial charge in [0.15, 0.2) is 0 Å². The van der Waals surface area contributed by atoms with Crippen LogP contribution in [0, 0.1) is 0 Å². The molecule has 0 aromatic rings. The van der Waals surface area contributed by atoms with Crippen LogP contribution >= 0.6 is 0 Å². The van der Waals surface area contributed by atoms with Gasteiger partial charge in [-0.2, -0.15) is 0 Å². The molecule has 0 rings (SSSR count). The van der Waals surface area contributed by atoms with Gasteiger partial charge < -0.3 is 20.3 Å². The SMILES string of the molecule is CCCCCCCCC/C=C\CCCCCCCC(=O)OCCCCCCCCCCCCCCCCCCCC(=O)NC(CO)C(O)CCCCCCCCCCCC. The number of rotatable bonds is 50. The van der Waals surface area contributed by atoms with E-state index in [9.17, 15) is 19.8 Å². The average molecular weight is 848 g/mol. The van der Waals surface area contributed by atoms with Gasteiger partial charge in [-0.05, 0) is 51.4 Å². The van der Waals surface area contributed by atoms with Gasteiger partial charge in [-0.25, -0.2) is 0 Å². The molecular formula is C54H105NO5. The number of carbonyl (C=O) groups is 2. The number of allylic oxidation sites excluding steroid dienone is 2. The smallest absolute Gasteiger partial charge is 0.305 e. The van der Waals surface area contributed by atoms with Crippen molar-refractivity contribution in [1.82, 2.24) is 5.32 Å². The molecule has 356 valence electrons. The quantitative estimate of drug-likeness (QED) is 0.0322. The van der Waals surface area contributed by atoms with E-state index < -0.39 is 12.1 Å². The molecule has 6 nitrogen and oxygen atoms in total. The first-order valence-corrected chi connectivity index (χ1v) is 26.9. The van der Waals surface area contributed by atoms with Crippen LogP contribution in [0.2, 0.25) is 0 Å². The fourth-order valence-corrected chi connectivity index (χ4v) is 8.40. The van der Waals surface area contributed by atoms with Crippen LogP contribution < -0.4 is 5.32 Å². The molecule has 0 heterocycles. The Hall–Kier alpha value is -1.40. The number of aliphatic hydroxyl groups excluding tert-OH is 2. The maximum absolute atomic E-state index is 12.4. The van der Waals surface area contributed by atoms with Gasteiger partial charge in [0, 0.05) is 12.8 Å². The molecule has 2 atom stereocenters. The van der Waals surface area contributed by atoms with Gasteiger partial charge in [0.05, 0.1) is 25.4 Å². The summed E-state index contributed by atoms with van der Waals surface area (Å²) in [4.78, 5) is 24.4. The normalized spacial score (nSPS) is 12.7. The predicted octanol–water partition coefficient (Wildman–Crippen LogP) is 16.1. The maximum Gasteiger partial charge on any atom is 0.305 e. The third kappa shape index (κ3) is 46.1. The van der Waals surface area contributed by atoms with E-state index in [1.807, 2.05) is 0 Å². The number of aliphatic hydroxyl groups is 2. The van der Waals surface area contributed by atoms with Crippen molar-refractivity contribution in [3.8, 4) is 0 Å². The van der Waals surface area contributed by atoms with E-state index >= 15 is 0 Å². The fourth-order valence-electron chi connectivity index (χ4n) is 8.40. The Morgan fingerprint density at radius 2 is 0.783 bits per heavy atom. The summed E-state index contributed by atoms with van der Waals surface area (Å²) in [7, 11) is 0. The number of unbranched alkanes of at least 4 members (excludes halogenated alkanes) is 37. The summed E-state index contributed by atoms with van der Waals surface area (Å²) in [6, 6.07) is -0.543. The highest BCUT2D eigenvalue weighted by atomic mass is 16.5. The second-order valence-electron chi connectivity index (χ2n) is 18.6. The third-order valence-corrected chi connectivity index (χ3v) is 12.6. The van der Waals surface area contributed by atoms with E-state index in [2.05, 4.69) is 31.3 Å². The van der Waals surface area contributed by atoms with Crippen molar-refractivity contribution in [1.29, 1.82) is 0 Å². The molecule has 0 radical (unpaired) electrons. The molecule has 0 spiro atoms. The minimum atomic E-state index is -0.665. The molecule has 2 unspecified atom stereocenters. The van der Waals surface area contributed by atoms with Crippen LogP contribution in [0.5, 0.6) is 0 Å². The van der Waals surface area contributed by atoms with E-state index in [0.717, 1.165) is 44.9 Å². The van der Waals surface area contributed by atoms with Crippen molar-refractivity contribution in [2.45, 2.75) is 309 Å². The summed E-state index contributed by atoms with van der Waals surface area (Å²) >= 11 is 0. The molecule has 0 aromatic heterocycles. The van der Waals surface area contributed by atoms with E-state index in [1.54, 1.807) is 0 Å². The minimum Gasteiger partial charge on any atom is -0.466 e. The van der Waals surface area contributed by atoms with Crippen LogP contribution in [0.3, 0.4) is 0 Å². The van der Waals surface area contributed by atoms with Crippen LogP contribution in [-0.2, 0) is 14.3 Å². The summed E-state index contributed by atoms with van der Waals surface area (Å²) in [5.74, 6) is -0.0434. The van der Waals surface area contributed by atoms with Gasteiger partial charge in [0.25, 0.3) is 0 Å². The lowest BCUT2D eigenvalue weighted by atomic mass is 10.0. The van der Waals surface area contributed by atoms with Crippen LogP contribution in [0.25, 0.3) is 0 Å². The van der Waals surface area contributed by atoms with Gasteiger partial charge in [-0.3, -0.25) is 9.59 Å². The first kappa shape index (κ1) is 58.6. The topological polar surface area (TPSA) is 95.9 Å². The van der Waals surface area contributed by atoms with Gasteiger partial charge in [0.2, 0.25) is 5.91 Å². The molecule has 0 aliphatic heterocycles. The molecule has 0 fully saturated rings. The van der Waals surface area contributed by atoms with Crippen molar-refractivity contribution in [2.75, 3.05) is 13.2 Å². The number of hydrogen-bond acceptors (Lipinski definition) is 5. The molecule has 60 heavy (non-hydrogen) atoms. The van der Waals surface area contributed by atoms with Crippen molar-refractivity contribution in [3.63, 3.8) is 0 Å². The van der Waals surface area contributed by atoms with Crippen molar-refractivity contribution < 1.29 is 24.5 Å². The Kier molecular flexibility index (Phi) is 49.1. The lowest BCUT2D eigenvalue weighted by molar-refractivity contribution is -0.143. The number of carbonyl (C=O) groups excluding carboxylic acids is 2. The molecule has 3 N–H and O–H groups in total.